The van der Waals surface area contributed by atoms with Crippen molar-refractivity contribution >= 4 is 28.5 Å². The highest BCUT2D eigenvalue weighted by Crippen LogP contribution is 2.24. The van der Waals surface area contributed by atoms with E-state index < -0.39 is 0 Å². The first-order chi connectivity index (χ1) is 12.1. The van der Waals surface area contributed by atoms with Crippen LogP contribution in [0.15, 0.2) is 24.5 Å². The van der Waals surface area contributed by atoms with Crippen LogP contribution in [-0.2, 0) is 17.8 Å². The molecule has 2 aromatic heterocycles. The van der Waals surface area contributed by atoms with E-state index in [0.29, 0.717) is 10.6 Å². The fraction of sp³-hybridized carbons (Fsp3) is 0.500. The van der Waals surface area contributed by atoms with Crippen LogP contribution >= 0.6 is 22.6 Å². The topological polar surface area (TPSA) is 54.3 Å². The van der Waals surface area contributed by atoms with Gasteiger partial charge in [-0.15, -0.1) is 0 Å². The highest BCUT2D eigenvalue weighted by molar-refractivity contribution is 14.1. The summed E-state index contributed by atoms with van der Waals surface area (Å²) in [5.41, 5.74) is 4.39. The molecule has 0 aliphatic carbocycles. The summed E-state index contributed by atoms with van der Waals surface area (Å²) in [6.45, 7) is 5.10. The number of halogens is 1. The van der Waals surface area contributed by atoms with Gasteiger partial charge in [0.2, 0.25) is 5.91 Å². The molecular formula is C18H22IN5O. The van der Waals surface area contributed by atoms with Crippen LogP contribution < -0.4 is 0 Å². The van der Waals surface area contributed by atoms with E-state index in [-0.39, 0.29) is 5.91 Å². The van der Waals surface area contributed by atoms with Gasteiger partial charge in [-0.2, -0.15) is 5.10 Å². The normalized spacial score (nSPS) is 20.7. The molecular weight excluding hydrogens is 429 g/mol. The molecule has 4 heterocycles. The van der Waals surface area contributed by atoms with Crippen molar-refractivity contribution in [2.75, 3.05) is 19.6 Å². The van der Waals surface area contributed by atoms with Crippen molar-refractivity contribution in [2.45, 2.75) is 36.8 Å². The molecule has 4 rings (SSSR count). The fourth-order valence-electron chi connectivity index (χ4n) is 3.60. The fourth-order valence-corrected chi connectivity index (χ4v) is 4.63. The van der Waals surface area contributed by atoms with Crippen LogP contribution in [0.4, 0.5) is 0 Å². The SMILES string of the molecule is Cc1cc(-n2cc3c(n2)CCN(CC(=O)N2CCC[C@H]2I)C3)ccn1. The molecule has 0 radical (unpaired) electrons. The Morgan fingerprint density at radius 2 is 2.28 bits per heavy atom. The third-order valence-corrected chi connectivity index (χ3v) is 6.23. The second-order valence-electron chi connectivity index (χ2n) is 6.83. The largest absolute Gasteiger partial charge is 0.330 e. The Labute approximate surface area is 161 Å². The van der Waals surface area contributed by atoms with Gasteiger partial charge in [-0.05, 0) is 31.9 Å². The maximum Gasteiger partial charge on any atom is 0.237 e. The number of likely N-dealkylation sites (tertiary alicyclic amines) is 1. The molecule has 0 bridgehead atoms. The van der Waals surface area contributed by atoms with Crippen molar-refractivity contribution in [1.29, 1.82) is 0 Å². The molecule has 2 aromatic rings. The number of nitrogens with zero attached hydrogens (tertiary/aromatic N) is 5. The third kappa shape index (κ3) is 3.57. The zero-order chi connectivity index (χ0) is 17.4. The number of fused-ring (bicyclic) bond motifs is 1. The molecule has 0 saturated carbocycles. The van der Waals surface area contributed by atoms with Gasteiger partial charge >= 0.3 is 0 Å². The van der Waals surface area contributed by atoms with Crippen LogP contribution in [-0.4, -0.2) is 54.2 Å². The molecule has 1 fully saturated rings. The minimum Gasteiger partial charge on any atom is -0.330 e. The first kappa shape index (κ1) is 17.0. The average Bonchev–Trinajstić information content (AvgIpc) is 3.20. The molecule has 0 N–H and O–H groups in total. The number of alkyl halides is 1. The quantitative estimate of drug-likeness (QED) is 0.409. The van der Waals surface area contributed by atoms with Gasteiger partial charge in [0, 0.05) is 49.7 Å². The van der Waals surface area contributed by atoms with Crippen molar-refractivity contribution in [3.8, 4) is 5.69 Å². The number of carbonyl (C=O) groups is 1. The summed E-state index contributed by atoms with van der Waals surface area (Å²) >= 11 is 2.38. The smallest absolute Gasteiger partial charge is 0.237 e. The number of pyridine rings is 1. The van der Waals surface area contributed by atoms with Gasteiger partial charge in [0.1, 0.15) is 0 Å². The van der Waals surface area contributed by atoms with E-state index in [1.165, 1.54) is 5.56 Å². The zero-order valence-corrected chi connectivity index (χ0v) is 16.5. The molecule has 1 saturated heterocycles. The van der Waals surface area contributed by atoms with Gasteiger partial charge in [0.15, 0.2) is 0 Å². The van der Waals surface area contributed by atoms with E-state index in [4.69, 9.17) is 5.10 Å². The maximum absolute atomic E-state index is 12.6. The Morgan fingerprint density at radius 1 is 1.40 bits per heavy atom. The van der Waals surface area contributed by atoms with Gasteiger partial charge < -0.3 is 4.90 Å². The summed E-state index contributed by atoms with van der Waals surface area (Å²) < 4.78 is 2.30. The number of amides is 1. The lowest BCUT2D eigenvalue weighted by molar-refractivity contribution is -0.131. The molecule has 0 spiro atoms. The van der Waals surface area contributed by atoms with Crippen LogP contribution in [0.3, 0.4) is 0 Å². The Hall–Kier alpha value is -1.48. The summed E-state index contributed by atoms with van der Waals surface area (Å²) in [6, 6.07) is 4.01. The highest BCUT2D eigenvalue weighted by Gasteiger charge is 2.29. The minimum absolute atomic E-state index is 0.262. The number of aryl methyl sites for hydroxylation is 1. The summed E-state index contributed by atoms with van der Waals surface area (Å²) in [5.74, 6) is 0.262. The molecule has 7 heteroatoms. The lowest BCUT2D eigenvalue weighted by Gasteiger charge is -2.28. The second kappa shape index (κ2) is 7.03. The van der Waals surface area contributed by atoms with Gasteiger partial charge in [0.05, 0.1) is 22.0 Å². The Bertz CT molecular complexity index is 790. The molecule has 25 heavy (non-hydrogen) atoms. The number of rotatable bonds is 3. The Kier molecular flexibility index (Phi) is 4.77. The molecule has 1 amide bonds. The van der Waals surface area contributed by atoms with E-state index in [1.54, 1.807) is 0 Å². The van der Waals surface area contributed by atoms with Gasteiger partial charge in [-0.3, -0.25) is 14.7 Å². The highest BCUT2D eigenvalue weighted by atomic mass is 127. The van der Waals surface area contributed by atoms with Crippen molar-refractivity contribution in [1.82, 2.24) is 24.6 Å². The molecule has 0 aromatic carbocycles. The van der Waals surface area contributed by atoms with Crippen LogP contribution in [0.1, 0.15) is 29.8 Å². The number of carbonyl (C=O) groups excluding carboxylic acids is 1. The Balaban J connectivity index is 1.45. The van der Waals surface area contributed by atoms with Crippen LogP contribution in [0.25, 0.3) is 5.69 Å². The van der Waals surface area contributed by atoms with Crippen molar-refractivity contribution < 1.29 is 4.79 Å². The van der Waals surface area contributed by atoms with Gasteiger partial charge in [-0.1, -0.05) is 22.6 Å². The molecule has 0 unspecified atom stereocenters. The molecule has 2 aliphatic heterocycles. The molecule has 132 valence electrons. The molecule has 1 atom stereocenters. The Morgan fingerprint density at radius 3 is 3.04 bits per heavy atom. The lowest BCUT2D eigenvalue weighted by atomic mass is 10.1. The van der Waals surface area contributed by atoms with Crippen molar-refractivity contribution in [3.05, 3.63) is 41.5 Å². The van der Waals surface area contributed by atoms with E-state index in [2.05, 4.69) is 38.7 Å². The summed E-state index contributed by atoms with van der Waals surface area (Å²) in [7, 11) is 0. The van der Waals surface area contributed by atoms with Crippen LogP contribution in [0.2, 0.25) is 0 Å². The number of aromatic nitrogens is 3. The van der Waals surface area contributed by atoms with Gasteiger partial charge in [0.25, 0.3) is 0 Å². The monoisotopic (exact) mass is 451 g/mol. The van der Waals surface area contributed by atoms with E-state index in [9.17, 15) is 4.79 Å². The summed E-state index contributed by atoms with van der Waals surface area (Å²) in [6.07, 6.45) is 7.05. The number of hydrogen-bond donors (Lipinski definition) is 0. The standard InChI is InChI=1S/C18H22IN5O/c1-13-9-15(4-6-20-13)24-11-14-10-22(8-5-16(14)21-24)12-18(25)23-7-2-3-17(23)19/h4,6,9,11,17H,2-3,5,7-8,10,12H2,1H3/t17-/m0/s1. The first-order valence-electron chi connectivity index (χ1n) is 8.76. The lowest BCUT2D eigenvalue weighted by Crippen LogP contribution is -2.42. The zero-order valence-electron chi connectivity index (χ0n) is 14.4. The molecule has 2 aliphatic rings. The van der Waals surface area contributed by atoms with Gasteiger partial charge in [-0.25, -0.2) is 4.68 Å². The predicted octanol–water partition coefficient (Wildman–Crippen LogP) is 2.32. The first-order valence-corrected chi connectivity index (χ1v) is 10.0. The molecule has 6 nitrogen and oxygen atoms in total. The summed E-state index contributed by atoms with van der Waals surface area (Å²) in [4.78, 5) is 21.1. The maximum atomic E-state index is 12.6. The summed E-state index contributed by atoms with van der Waals surface area (Å²) in [5, 5.41) is 4.73. The van der Waals surface area contributed by atoms with Crippen molar-refractivity contribution in [2.24, 2.45) is 0 Å². The van der Waals surface area contributed by atoms with E-state index >= 15 is 0 Å². The van der Waals surface area contributed by atoms with E-state index in [0.717, 1.165) is 56.0 Å². The third-order valence-electron chi connectivity index (χ3n) is 4.94. The van der Waals surface area contributed by atoms with Crippen LogP contribution in [0, 0.1) is 6.92 Å². The predicted molar refractivity (Wildman–Crippen MR) is 104 cm³/mol. The van der Waals surface area contributed by atoms with E-state index in [1.807, 2.05) is 34.8 Å². The van der Waals surface area contributed by atoms with Crippen LogP contribution in [0.5, 0.6) is 0 Å². The number of hydrogen-bond acceptors (Lipinski definition) is 4. The second-order valence-corrected chi connectivity index (χ2v) is 8.26. The van der Waals surface area contributed by atoms with Crippen molar-refractivity contribution in [3.63, 3.8) is 0 Å². The average molecular weight is 451 g/mol. The minimum atomic E-state index is 0.262.